The van der Waals surface area contributed by atoms with Gasteiger partial charge >= 0.3 is 11.3 Å². The fraction of sp³-hybridized carbons (Fsp3) is 0.143. The van der Waals surface area contributed by atoms with E-state index in [0.717, 1.165) is 12.1 Å². The zero-order valence-electron chi connectivity index (χ0n) is 17.2. The molecule has 2 heterocycles. The Kier molecular flexibility index (Phi) is 5.50. The summed E-state index contributed by atoms with van der Waals surface area (Å²) in [6.07, 6.45) is 0. The SMILES string of the molecule is COc1cccc2oc(=O)c(S(=O)(=O)CS(=O)(=O)c3cc4c(OC)cccc4oc3=O)cc12. The molecule has 0 unspecified atom stereocenters. The molecule has 12 heteroatoms. The van der Waals surface area contributed by atoms with E-state index in [9.17, 15) is 26.4 Å². The van der Waals surface area contributed by atoms with E-state index in [4.69, 9.17) is 18.3 Å². The van der Waals surface area contributed by atoms with E-state index in [2.05, 4.69) is 0 Å². The van der Waals surface area contributed by atoms with Gasteiger partial charge in [-0.05, 0) is 36.4 Å². The Morgan fingerprint density at radius 2 is 1.09 bits per heavy atom. The minimum Gasteiger partial charge on any atom is -0.496 e. The average molecular weight is 492 g/mol. The van der Waals surface area contributed by atoms with Crippen molar-refractivity contribution in [2.24, 2.45) is 0 Å². The van der Waals surface area contributed by atoms with Crippen molar-refractivity contribution >= 4 is 41.6 Å². The molecule has 0 atom stereocenters. The number of methoxy groups -OCH3 is 2. The maximum absolute atomic E-state index is 12.9. The molecule has 0 N–H and O–H groups in total. The zero-order valence-corrected chi connectivity index (χ0v) is 18.9. The monoisotopic (exact) mass is 492 g/mol. The van der Waals surface area contributed by atoms with Gasteiger partial charge in [0, 0.05) is 0 Å². The van der Waals surface area contributed by atoms with Gasteiger partial charge in [0.05, 0.1) is 25.0 Å². The maximum Gasteiger partial charge on any atom is 0.355 e. The van der Waals surface area contributed by atoms with Gasteiger partial charge in [0.1, 0.15) is 22.7 Å². The third kappa shape index (κ3) is 3.98. The van der Waals surface area contributed by atoms with Gasteiger partial charge in [-0.1, -0.05) is 12.1 Å². The van der Waals surface area contributed by atoms with E-state index in [0.29, 0.717) is 0 Å². The van der Waals surface area contributed by atoms with E-state index >= 15 is 0 Å². The predicted octanol–water partition coefficient (Wildman–Crippen LogP) is 2.12. The van der Waals surface area contributed by atoms with Gasteiger partial charge in [0.2, 0.25) is 0 Å². The molecular formula is C21H16O10S2. The summed E-state index contributed by atoms with van der Waals surface area (Å²) in [6.45, 7) is 0. The molecule has 0 aliphatic heterocycles. The predicted molar refractivity (Wildman–Crippen MR) is 117 cm³/mol. The van der Waals surface area contributed by atoms with Gasteiger partial charge in [-0.3, -0.25) is 0 Å². The first-order valence-electron chi connectivity index (χ1n) is 9.24. The highest BCUT2D eigenvalue weighted by atomic mass is 32.3. The maximum atomic E-state index is 12.9. The molecule has 10 nitrogen and oxygen atoms in total. The van der Waals surface area contributed by atoms with Gasteiger partial charge < -0.3 is 18.3 Å². The number of benzene rings is 2. The molecular weight excluding hydrogens is 476 g/mol. The van der Waals surface area contributed by atoms with Crippen LogP contribution < -0.4 is 20.7 Å². The van der Waals surface area contributed by atoms with Crippen molar-refractivity contribution in [2.45, 2.75) is 9.79 Å². The van der Waals surface area contributed by atoms with Crippen molar-refractivity contribution in [3.8, 4) is 11.5 Å². The lowest BCUT2D eigenvalue weighted by molar-refractivity contribution is 0.418. The molecule has 0 saturated heterocycles. The van der Waals surface area contributed by atoms with Crippen molar-refractivity contribution in [1.82, 2.24) is 0 Å². The van der Waals surface area contributed by atoms with Crippen LogP contribution in [0.15, 0.2) is 76.7 Å². The minimum atomic E-state index is -4.76. The molecule has 2 aromatic carbocycles. The Morgan fingerprint density at radius 1 is 0.697 bits per heavy atom. The highest BCUT2D eigenvalue weighted by Gasteiger charge is 2.32. The smallest absolute Gasteiger partial charge is 0.355 e. The lowest BCUT2D eigenvalue weighted by Gasteiger charge is -2.09. The Hall–Kier alpha value is -3.64. The number of hydrogen-bond acceptors (Lipinski definition) is 10. The molecule has 2 aromatic heterocycles. The second-order valence-corrected chi connectivity index (χ2v) is 11.2. The van der Waals surface area contributed by atoms with E-state index in [1.54, 1.807) is 0 Å². The Balaban J connectivity index is 1.85. The number of hydrogen-bond donors (Lipinski definition) is 0. The first-order valence-corrected chi connectivity index (χ1v) is 12.5. The van der Waals surface area contributed by atoms with Crippen molar-refractivity contribution in [2.75, 3.05) is 19.3 Å². The summed E-state index contributed by atoms with van der Waals surface area (Å²) < 4.78 is 72.2. The fourth-order valence-corrected chi connectivity index (χ4v) is 7.15. The van der Waals surface area contributed by atoms with Gasteiger partial charge in [-0.15, -0.1) is 0 Å². The van der Waals surface area contributed by atoms with E-state index in [1.165, 1.54) is 50.6 Å². The number of rotatable bonds is 6. The molecule has 0 amide bonds. The first kappa shape index (κ1) is 22.6. The Morgan fingerprint density at radius 3 is 1.45 bits per heavy atom. The van der Waals surface area contributed by atoms with Crippen LogP contribution in [0.3, 0.4) is 0 Å². The highest BCUT2D eigenvalue weighted by Crippen LogP contribution is 2.29. The lowest BCUT2D eigenvalue weighted by Crippen LogP contribution is -2.25. The van der Waals surface area contributed by atoms with Gasteiger partial charge in [0.25, 0.3) is 0 Å². The molecule has 0 saturated carbocycles. The van der Waals surface area contributed by atoms with E-state index in [1.807, 2.05) is 0 Å². The van der Waals surface area contributed by atoms with Crippen molar-refractivity contribution in [3.63, 3.8) is 0 Å². The van der Waals surface area contributed by atoms with Crippen LogP contribution >= 0.6 is 0 Å². The van der Waals surface area contributed by atoms with Crippen LogP contribution in [0.2, 0.25) is 0 Å². The summed E-state index contributed by atoms with van der Waals surface area (Å²) in [7, 11) is -6.84. The largest absolute Gasteiger partial charge is 0.496 e. The zero-order chi connectivity index (χ0) is 24.0. The molecule has 0 aliphatic rings. The summed E-state index contributed by atoms with van der Waals surface area (Å²) in [5.41, 5.74) is -2.39. The van der Waals surface area contributed by atoms with Crippen LogP contribution in [-0.4, -0.2) is 36.1 Å². The second kappa shape index (κ2) is 8.05. The molecule has 0 spiro atoms. The average Bonchev–Trinajstić information content (AvgIpc) is 2.76. The molecule has 0 fully saturated rings. The van der Waals surface area contributed by atoms with E-state index < -0.39 is 45.8 Å². The Bertz CT molecular complexity index is 1600. The second-order valence-electron chi connectivity index (χ2n) is 6.89. The molecule has 0 radical (unpaired) electrons. The summed E-state index contributed by atoms with van der Waals surface area (Å²) in [4.78, 5) is 22.9. The van der Waals surface area contributed by atoms with Crippen LogP contribution in [0.25, 0.3) is 21.9 Å². The third-order valence-corrected chi connectivity index (χ3v) is 9.22. The molecule has 0 aliphatic carbocycles. The molecule has 0 bridgehead atoms. The van der Waals surface area contributed by atoms with Gasteiger partial charge in [0.15, 0.2) is 34.6 Å². The van der Waals surface area contributed by atoms with Crippen molar-refractivity contribution < 1.29 is 35.1 Å². The number of ether oxygens (including phenoxy) is 2. The molecule has 172 valence electrons. The lowest BCUT2D eigenvalue weighted by atomic mass is 10.2. The fourth-order valence-electron chi connectivity index (χ4n) is 3.31. The normalized spacial score (nSPS) is 12.2. The number of fused-ring (bicyclic) bond motifs is 2. The summed E-state index contributed by atoms with van der Waals surface area (Å²) in [5, 5.41) is -1.24. The summed E-state index contributed by atoms with van der Waals surface area (Å²) >= 11 is 0. The topological polar surface area (TPSA) is 147 Å². The standard InChI is InChI=1S/C21H16O10S2/c1-28-14-5-3-7-16-12(14)9-18(20(22)30-16)32(24,25)11-33(26,27)19-10-13-15(29-2)6-4-8-17(13)31-21(19)23/h3-10H,11H2,1-2H3. The van der Waals surface area contributed by atoms with Crippen LogP contribution in [-0.2, 0) is 19.7 Å². The van der Waals surface area contributed by atoms with E-state index in [-0.39, 0.29) is 33.4 Å². The van der Waals surface area contributed by atoms with Crippen LogP contribution in [0.1, 0.15) is 0 Å². The van der Waals surface area contributed by atoms with Crippen molar-refractivity contribution in [1.29, 1.82) is 0 Å². The molecule has 4 rings (SSSR count). The van der Waals surface area contributed by atoms with Crippen molar-refractivity contribution in [3.05, 3.63) is 69.4 Å². The van der Waals surface area contributed by atoms with Crippen LogP contribution in [0.5, 0.6) is 11.5 Å². The quantitative estimate of drug-likeness (QED) is 0.367. The highest BCUT2D eigenvalue weighted by molar-refractivity contribution is 8.08. The third-order valence-electron chi connectivity index (χ3n) is 4.83. The summed E-state index contributed by atoms with van der Waals surface area (Å²) in [6, 6.07) is 10.9. The van der Waals surface area contributed by atoms with Crippen LogP contribution in [0.4, 0.5) is 0 Å². The summed E-state index contributed by atoms with van der Waals surface area (Å²) in [5.74, 6) is 0.440. The van der Waals surface area contributed by atoms with Crippen LogP contribution in [0, 0.1) is 0 Å². The van der Waals surface area contributed by atoms with Gasteiger partial charge in [-0.25, -0.2) is 26.4 Å². The molecule has 33 heavy (non-hydrogen) atoms. The molecule has 4 aromatic rings. The Labute approximate surface area is 186 Å². The van der Waals surface area contributed by atoms with Gasteiger partial charge in [-0.2, -0.15) is 0 Å². The number of sulfone groups is 2. The first-order chi connectivity index (χ1) is 15.6. The minimum absolute atomic E-state index is 0.0587.